The maximum Gasteiger partial charge on any atom is 0.472 e. The lowest BCUT2D eigenvalue weighted by Crippen LogP contribution is -2.37. The van der Waals surface area contributed by atoms with Crippen LogP contribution in [0, 0.1) is 0 Å². The van der Waals surface area contributed by atoms with Gasteiger partial charge in [0.05, 0.1) is 27.7 Å². The molecule has 0 aliphatic heterocycles. The standard InChI is InChI=1S/C69H134NO8P/c1-6-8-10-12-14-16-18-20-22-23-24-25-26-27-28-29-30-31-32-33-34-35-36-37-38-39-40-41-42-43-44-45-46-47-48-50-51-53-55-57-59-61-68(71)75-65-67(66-77-79(73,74)76-64-63-70(3,4)5)78-69(72)62-60-58-56-54-52-49-21-19-17-15-13-11-9-7-2/h13,15,19,21,67H,6-12,14,16-18,20,22-66H2,1-5H3/p+1/b15-13-,21-19-. The number of allylic oxidation sites excluding steroid dienone is 4. The minimum Gasteiger partial charge on any atom is -0.462 e. The lowest BCUT2D eigenvalue weighted by atomic mass is 10.0. The molecule has 0 aliphatic rings. The van der Waals surface area contributed by atoms with Crippen molar-refractivity contribution in [1.82, 2.24) is 0 Å². The van der Waals surface area contributed by atoms with E-state index in [0.717, 1.165) is 64.2 Å². The van der Waals surface area contributed by atoms with Crippen LogP contribution in [0.5, 0.6) is 0 Å². The summed E-state index contributed by atoms with van der Waals surface area (Å²) in [5.41, 5.74) is 0. The van der Waals surface area contributed by atoms with Crippen LogP contribution in [0.4, 0.5) is 0 Å². The third-order valence-electron chi connectivity index (χ3n) is 15.7. The second-order valence-electron chi connectivity index (χ2n) is 24.9. The average molecular weight is 1140 g/mol. The number of unbranched alkanes of at least 4 members (excludes halogenated alkanes) is 47. The summed E-state index contributed by atoms with van der Waals surface area (Å²) in [4.78, 5) is 35.7. The van der Waals surface area contributed by atoms with Gasteiger partial charge in [-0.3, -0.25) is 18.6 Å². The Morgan fingerprint density at radius 2 is 0.696 bits per heavy atom. The molecule has 0 heterocycles. The van der Waals surface area contributed by atoms with E-state index >= 15 is 0 Å². The molecule has 0 aromatic rings. The summed E-state index contributed by atoms with van der Waals surface area (Å²) in [5.74, 6) is -0.798. The van der Waals surface area contributed by atoms with Crippen molar-refractivity contribution >= 4 is 19.8 Å². The molecular formula is C69H135NO8P+. The number of phosphoric acid groups is 1. The smallest absolute Gasteiger partial charge is 0.462 e. The zero-order chi connectivity index (χ0) is 57.7. The summed E-state index contributed by atoms with van der Waals surface area (Å²) in [6.45, 7) is 4.43. The van der Waals surface area contributed by atoms with Crippen LogP contribution in [-0.2, 0) is 32.7 Å². The van der Waals surface area contributed by atoms with Gasteiger partial charge in [-0.05, 0) is 38.5 Å². The molecule has 0 aromatic carbocycles. The van der Waals surface area contributed by atoms with Gasteiger partial charge in [0.1, 0.15) is 19.8 Å². The van der Waals surface area contributed by atoms with Gasteiger partial charge in [-0.2, -0.15) is 0 Å². The van der Waals surface area contributed by atoms with Crippen molar-refractivity contribution in [2.24, 2.45) is 0 Å². The third-order valence-corrected chi connectivity index (χ3v) is 16.7. The van der Waals surface area contributed by atoms with Crippen LogP contribution in [0.3, 0.4) is 0 Å². The van der Waals surface area contributed by atoms with Gasteiger partial charge in [0, 0.05) is 12.8 Å². The van der Waals surface area contributed by atoms with Crippen molar-refractivity contribution in [3.8, 4) is 0 Å². The molecule has 0 amide bonds. The van der Waals surface area contributed by atoms with E-state index in [2.05, 4.69) is 38.2 Å². The fraction of sp³-hybridized carbons (Fsp3) is 0.913. The average Bonchev–Trinajstić information content (AvgIpc) is 3.41. The van der Waals surface area contributed by atoms with Gasteiger partial charge in [-0.1, -0.05) is 327 Å². The van der Waals surface area contributed by atoms with Crippen LogP contribution in [0.2, 0.25) is 0 Å². The summed E-state index contributed by atoms with van der Waals surface area (Å²) < 4.78 is 34.6. The predicted octanol–water partition coefficient (Wildman–Crippen LogP) is 22.1. The van der Waals surface area contributed by atoms with Gasteiger partial charge in [0.2, 0.25) is 0 Å². The first-order valence-electron chi connectivity index (χ1n) is 34.6. The Morgan fingerprint density at radius 3 is 1.04 bits per heavy atom. The Balaban J connectivity index is 3.79. The molecule has 9 nitrogen and oxygen atoms in total. The number of hydrogen-bond donors (Lipinski definition) is 1. The van der Waals surface area contributed by atoms with Crippen LogP contribution in [0.1, 0.15) is 354 Å². The number of hydrogen-bond acceptors (Lipinski definition) is 7. The largest absolute Gasteiger partial charge is 0.472 e. The summed E-state index contributed by atoms with van der Waals surface area (Å²) in [6, 6.07) is 0. The number of esters is 2. The summed E-state index contributed by atoms with van der Waals surface area (Å²) in [7, 11) is 1.48. The van der Waals surface area contributed by atoms with Crippen molar-refractivity contribution in [2.75, 3.05) is 47.5 Å². The summed E-state index contributed by atoms with van der Waals surface area (Å²) in [6.07, 6.45) is 76.1. The zero-order valence-corrected chi connectivity index (χ0v) is 54.3. The van der Waals surface area contributed by atoms with Crippen LogP contribution < -0.4 is 0 Å². The fourth-order valence-corrected chi connectivity index (χ4v) is 11.1. The SMILES string of the molecule is CCCC/C=C\C/C=C\CCCCCCCC(=O)OC(COC(=O)CCCCCCCCCCCCCCCCCCCCCCCCCCCCCCCCCCCCCCCCCCC)COP(=O)(O)OCC[N+](C)(C)C. The van der Waals surface area contributed by atoms with E-state index < -0.39 is 26.5 Å². The zero-order valence-electron chi connectivity index (χ0n) is 53.4. The topological polar surface area (TPSA) is 108 Å². The van der Waals surface area contributed by atoms with Crippen molar-refractivity contribution < 1.29 is 42.1 Å². The predicted molar refractivity (Wildman–Crippen MR) is 340 cm³/mol. The van der Waals surface area contributed by atoms with Crippen LogP contribution >= 0.6 is 7.82 Å². The van der Waals surface area contributed by atoms with Gasteiger partial charge in [0.25, 0.3) is 0 Å². The van der Waals surface area contributed by atoms with Gasteiger partial charge in [-0.15, -0.1) is 0 Å². The van der Waals surface area contributed by atoms with E-state index in [4.69, 9.17) is 18.5 Å². The Labute approximate surface area is 491 Å². The fourth-order valence-electron chi connectivity index (χ4n) is 10.4. The van der Waals surface area contributed by atoms with Gasteiger partial charge >= 0.3 is 19.8 Å². The molecule has 0 rings (SSSR count). The highest BCUT2D eigenvalue weighted by atomic mass is 31.2. The Hall–Kier alpha value is -1.51. The quantitative estimate of drug-likeness (QED) is 0.0211. The molecular weight excluding hydrogens is 1000 g/mol. The Kier molecular flexibility index (Phi) is 59.9. The van der Waals surface area contributed by atoms with E-state index in [1.807, 2.05) is 21.1 Å². The molecule has 0 bridgehead atoms. The highest BCUT2D eigenvalue weighted by Crippen LogP contribution is 2.43. The van der Waals surface area contributed by atoms with Gasteiger partial charge < -0.3 is 18.9 Å². The molecule has 1 N–H and O–H groups in total. The maximum absolute atomic E-state index is 12.8. The van der Waals surface area contributed by atoms with Crippen molar-refractivity contribution in [1.29, 1.82) is 0 Å². The van der Waals surface area contributed by atoms with Crippen LogP contribution in [-0.4, -0.2) is 74.9 Å². The minimum absolute atomic E-state index is 0.0310. The second-order valence-corrected chi connectivity index (χ2v) is 26.4. The Bertz CT molecular complexity index is 1380. The molecule has 0 aliphatic carbocycles. The van der Waals surface area contributed by atoms with Crippen LogP contribution in [0.15, 0.2) is 24.3 Å². The second kappa shape index (κ2) is 61.1. The monoisotopic (exact) mass is 1140 g/mol. The molecule has 0 saturated carbocycles. The first kappa shape index (κ1) is 77.5. The van der Waals surface area contributed by atoms with Crippen molar-refractivity contribution in [2.45, 2.75) is 360 Å². The van der Waals surface area contributed by atoms with Gasteiger partial charge in [-0.25, -0.2) is 4.57 Å². The van der Waals surface area contributed by atoms with E-state index in [-0.39, 0.29) is 25.6 Å². The normalized spacial score (nSPS) is 13.2. The molecule has 0 spiro atoms. The molecule has 0 fully saturated rings. The number of likely N-dealkylation sites (N-methyl/N-ethyl adjacent to an activating group) is 1. The molecule has 2 atom stereocenters. The first-order chi connectivity index (χ1) is 38.5. The van der Waals surface area contributed by atoms with Crippen molar-refractivity contribution in [3.05, 3.63) is 24.3 Å². The number of nitrogens with zero attached hydrogens (tertiary/aromatic N) is 1. The first-order valence-corrected chi connectivity index (χ1v) is 36.1. The van der Waals surface area contributed by atoms with E-state index in [0.29, 0.717) is 23.9 Å². The van der Waals surface area contributed by atoms with Crippen LogP contribution in [0.25, 0.3) is 0 Å². The lowest BCUT2D eigenvalue weighted by molar-refractivity contribution is -0.870. The maximum atomic E-state index is 12.8. The number of quaternary nitrogens is 1. The number of carbonyl (C=O) groups excluding carboxylic acids is 2. The lowest BCUT2D eigenvalue weighted by Gasteiger charge is -2.24. The molecule has 0 radical (unpaired) electrons. The number of phosphoric ester groups is 1. The molecule has 2 unspecified atom stereocenters. The molecule has 0 saturated heterocycles. The minimum atomic E-state index is -4.39. The number of carbonyl (C=O) groups is 2. The van der Waals surface area contributed by atoms with E-state index in [9.17, 15) is 19.0 Å². The number of rotatable bonds is 65. The molecule has 10 heteroatoms. The summed E-state index contributed by atoms with van der Waals surface area (Å²) >= 11 is 0. The van der Waals surface area contributed by atoms with E-state index in [1.54, 1.807) is 0 Å². The number of ether oxygens (including phenoxy) is 2. The van der Waals surface area contributed by atoms with E-state index in [1.165, 1.54) is 257 Å². The summed E-state index contributed by atoms with van der Waals surface area (Å²) in [5, 5.41) is 0. The molecule has 79 heavy (non-hydrogen) atoms. The Morgan fingerprint density at radius 1 is 0.392 bits per heavy atom. The van der Waals surface area contributed by atoms with Crippen molar-refractivity contribution in [3.63, 3.8) is 0 Å². The van der Waals surface area contributed by atoms with Gasteiger partial charge in [0.15, 0.2) is 6.10 Å². The molecule has 0 aromatic heterocycles. The highest BCUT2D eigenvalue weighted by molar-refractivity contribution is 7.47. The third kappa shape index (κ3) is 65.5. The molecule has 468 valence electrons. The highest BCUT2D eigenvalue weighted by Gasteiger charge is 2.27.